The summed E-state index contributed by atoms with van der Waals surface area (Å²) in [6.07, 6.45) is 1.42. The standard InChI is InChI=1S/C9H10FN3/c1-5-8-7(10)4-13(3)9(8)12-6(2)11-5/h4H,1-3H3. The SMILES string of the molecule is Cc1nc(C)c2c(F)cn(C)c2n1. The Bertz CT molecular complexity index is 473. The Morgan fingerprint density at radius 3 is 2.69 bits per heavy atom. The molecule has 3 nitrogen and oxygen atoms in total. The van der Waals surface area contributed by atoms with E-state index in [0.29, 0.717) is 22.6 Å². The lowest BCUT2D eigenvalue weighted by Gasteiger charge is -1.99. The molecule has 68 valence electrons. The molecule has 2 aromatic rings. The molecule has 0 unspecified atom stereocenters. The van der Waals surface area contributed by atoms with Crippen LogP contribution in [-0.2, 0) is 7.05 Å². The summed E-state index contributed by atoms with van der Waals surface area (Å²) in [6, 6.07) is 0. The van der Waals surface area contributed by atoms with Crippen molar-refractivity contribution in [3.8, 4) is 0 Å². The van der Waals surface area contributed by atoms with Gasteiger partial charge in [-0.2, -0.15) is 0 Å². The van der Waals surface area contributed by atoms with Gasteiger partial charge >= 0.3 is 0 Å². The molecule has 0 aliphatic carbocycles. The zero-order valence-electron chi connectivity index (χ0n) is 7.80. The highest BCUT2D eigenvalue weighted by Crippen LogP contribution is 2.19. The van der Waals surface area contributed by atoms with Gasteiger partial charge in [0.05, 0.1) is 11.1 Å². The second-order valence-electron chi connectivity index (χ2n) is 3.14. The molecule has 0 bridgehead atoms. The van der Waals surface area contributed by atoms with Crippen LogP contribution < -0.4 is 0 Å². The van der Waals surface area contributed by atoms with Crippen LogP contribution >= 0.6 is 0 Å². The molecule has 0 atom stereocenters. The van der Waals surface area contributed by atoms with Gasteiger partial charge in [0, 0.05) is 13.2 Å². The van der Waals surface area contributed by atoms with Gasteiger partial charge in [0.15, 0.2) is 5.82 Å². The van der Waals surface area contributed by atoms with Crippen molar-refractivity contribution in [3.05, 3.63) is 23.5 Å². The van der Waals surface area contributed by atoms with Gasteiger partial charge in [-0.25, -0.2) is 14.4 Å². The van der Waals surface area contributed by atoms with Crippen molar-refractivity contribution in [2.45, 2.75) is 13.8 Å². The first-order chi connectivity index (χ1) is 6.09. The predicted molar refractivity (Wildman–Crippen MR) is 47.9 cm³/mol. The molecule has 0 amide bonds. The average Bonchev–Trinajstić information content (AvgIpc) is 2.27. The molecule has 0 aromatic carbocycles. The van der Waals surface area contributed by atoms with Crippen LogP contribution in [-0.4, -0.2) is 14.5 Å². The third-order valence-electron chi connectivity index (χ3n) is 2.06. The van der Waals surface area contributed by atoms with Gasteiger partial charge in [0.25, 0.3) is 0 Å². The maximum atomic E-state index is 13.3. The fourth-order valence-corrected chi connectivity index (χ4v) is 1.53. The van der Waals surface area contributed by atoms with E-state index in [1.54, 1.807) is 25.5 Å². The van der Waals surface area contributed by atoms with Crippen molar-refractivity contribution in [3.63, 3.8) is 0 Å². The van der Waals surface area contributed by atoms with Gasteiger partial charge in [-0.3, -0.25) is 0 Å². The van der Waals surface area contributed by atoms with E-state index >= 15 is 0 Å². The number of hydrogen-bond acceptors (Lipinski definition) is 2. The van der Waals surface area contributed by atoms with E-state index in [1.807, 2.05) is 0 Å². The Morgan fingerprint density at radius 2 is 2.00 bits per heavy atom. The largest absolute Gasteiger partial charge is 0.332 e. The van der Waals surface area contributed by atoms with Gasteiger partial charge in [-0.1, -0.05) is 0 Å². The van der Waals surface area contributed by atoms with Crippen molar-refractivity contribution in [1.82, 2.24) is 14.5 Å². The van der Waals surface area contributed by atoms with Gasteiger partial charge in [0.1, 0.15) is 11.5 Å². The van der Waals surface area contributed by atoms with Crippen LogP contribution in [0.25, 0.3) is 11.0 Å². The summed E-state index contributed by atoms with van der Waals surface area (Å²) in [5.74, 6) is 0.418. The van der Waals surface area contributed by atoms with Gasteiger partial charge in [0.2, 0.25) is 0 Å². The third kappa shape index (κ3) is 1.09. The number of halogens is 1. The highest BCUT2D eigenvalue weighted by atomic mass is 19.1. The van der Waals surface area contributed by atoms with Crippen LogP contribution in [0.2, 0.25) is 0 Å². The van der Waals surface area contributed by atoms with Crippen LogP contribution in [0, 0.1) is 19.7 Å². The Kier molecular flexibility index (Phi) is 1.58. The lowest BCUT2D eigenvalue weighted by atomic mass is 10.3. The van der Waals surface area contributed by atoms with E-state index in [1.165, 1.54) is 6.20 Å². The maximum Gasteiger partial charge on any atom is 0.152 e. The summed E-state index contributed by atoms with van der Waals surface area (Å²) in [7, 11) is 1.78. The third-order valence-corrected chi connectivity index (χ3v) is 2.06. The monoisotopic (exact) mass is 179 g/mol. The molecule has 0 radical (unpaired) electrons. The normalized spacial score (nSPS) is 11.1. The minimum absolute atomic E-state index is 0.255. The minimum atomic E-state index is -0.255. The molecule has 13 heavy (non-hydrogen) atoms. The fourth-order valence-electron chi connectivity index (χ4n) is 1.53. The average molecular weight is 179 g/mol. The number of rotatable bonds is 0. The van der Waals surface area contributed by atoms with E-state index in [-0.39, 0.29) is 5.82 Å². The molecule has 0 spiro atoms. The molecule has 2 aromatic heterocycles. The number of nitrogens with zero attached hydrogens (tertiary/aromatic N) is 3. The van der Waals surface area contributed by atoms with Crippen molar-refractivity contribution in [2.24, 2.45) is 7.05 Å². The van der Waals surface area contributed by atoms with Gasteiger partial charge < -0.3 is 4.57 Å². The minimum Gasteiger partial charge on any atom is -0.332 e. The molecular formula is C9H10FN3. The fraction of sp³-hybridized carbons (Fsp3) is 0.333. The Hall–Kier alpha value is -1.45. The quantitative estimate of drug-likeness (QED) is 0.616. The number of aryl methyl sites for hydroxylation is 3. The number of hydrogen-bond donors (Lipinski definition) is 0. The first-order valence-corrected chi connectivity index (χ1v) is 4.05. The lowest BCUT2D eigenvalue weighted by Crippen LogP contribution is -1.95. The first-order valence-electron chi connectivity index (χ1n) is 4.05. The van der Waals surface area contributed by atoms with Crippen LogP contribution in [0.4, 0.5) is 4.39 Å². The second kappa shape index (κ2) is 2.52. The van der Waals surface area contributed by atoms with Crippen LogP contribution in [0.5, 0.6) is 0 Å². The summed E-state index contributed by atoms with van der Waals surface area (Å²) in [5, 5.41) is 0.521. The highest BCUT2D eigenvalue weighted by molar-refractivity contribution is 5.79. The number of aromatic nitrogens is 3. The summed E-state index contributed by atoms with van der Waals surface area (Å²) in [6.45, 7) is 3.59. The zero-order valence-corrected chi connectivity index (χ0v) is 7.80. The van der Waals surface area contributed by atoms with Gasteiger partial charge in [-0.15, -0.1) is 0 Å². The molecule has 0 saturated heterocycles. The second-order valence-corrected chi connectivity index (χ2v) is 3.14. The van der Waals surface area contributed by atoms with E-state index in [0.717, 1.165) is 0 Å². The smallest absolute Gasteiger partial charge is 0.152 e. The van der Waals surface area contributed by atoms with E-state index < -0.39 is 0 Å². The Balaban J connectivity index is 2.97. The lowest BCUT2D eigenvalue weighted by molar-refractivity contribution is 0.632. The summed E-state index contributed by atoms with van der Waals surface area (Å²) in [4.78, 5) is 8.28. The van der Waals surface area contributed by atoms with Crippen LogP contribution in [0.15, 0.2) is 6.20 Å². The topological polar surface area (TPSA) is 30.7 Å². The first kappa shape index (κ1) is 8.16. The van der Waals surface area contributed by atoms with E-state index in [4.69, 9.17) is 0 Å². The maximum absolute atomic E-state index is 13.3. The molecule has 2 rings (SSSR count). The molecule has 0 saturated carbocycles. The summed E-state index contributed by atoms with van der Waals surface area (Å²) in [5.41, 5.74) is 1.35. The molecule has 0 fully saturated rings. The van der Waals surface area contributed by atoms with Crippen LogP contribution in [0.1, 0.15) is 11.5 Å². The summed E-state index contributed by atoms with van der Waals surface area (Å²) >= 11 is 0. The summed E-state index contributed by atoms with van der Waals surface area (Å²) < 4.78 is 15.0. The number of fused-ring (bicyclic) bond motifs is 1. The van der Waals surface area contributed by atoms with Gasteiger partial charge in [-0.05, 0) is 13.8 Å². The molecule has 2 heterocycles. The van der Waals surface area contributed by atoms with E-state index in [9.17, 15) is 4.39 Å². The molecule has 0 aliphatic heterocycles. The molecular weight excluding hydrogens is 169 g/mol. The van der Waals surface area contributed by atoms with E-state index in [2.05, 4.69) is 9.97 Å². The van der Waals surface area contributed by atoms with Crippen molar-refractivity contribution >= 4 is 11.0 Å². The van der Waals surface area contributed by atoms with Crippen molar-refractivity contribution < 1.29 is 4.39 Å². The van der Waals surface area contributed by atoms with Crippen molar-refractivity contribution in [1.29, 1.82) is 0 Å². The Morgan fingerprint density at radius 1 is 1.31 bits per heavy atom. The predicted octanol–water partition coefficient (Wildman–Crippen LogP) is 1.72. The molecule has 4 heteroatoms. The molecule has 0 N–H and O–H groups in total. The Labute approximate surface area is 75.2 Å². The highest BCUT2D eigenvalue weighted by Gasteiger charge is 2.11. The molecule has 0 aliphatic rings. The van der Waals surface area contributed by atoms with Crippen LogP contribution in [0.3, 0.4) is 0 Å². The van der Waals surface area contributed by atoms with Crippen molar-refractivity contribution in [2.75, 3.05) is 0 Å². The zero-order chi connectivity index (χ0) is 9.59.